The first-order chi connectivity index (χ1) is 7.20. The maximum atomic E-state index is 10.8. The third kappa shape index (κ3) is 2.93. The van der Waals surface area contributed by atoms with Crippen LogP contribution in [0, 0.1) is 10.1 Å². The Morgan fingerprint density at radius 2 is 2.20 bits per heavy atom. The summed E-state index contributed by atoms with van der Waals surface area (Å²) in [4.78, 5) is 10.5. The summed E-state index contributed by atoms with van der Waals surface area (Å²) in [5.74, 6) is 0.589. The van der Waals surface area contributed by atoms with Crippen molar-refractivity contribution in [2.75, 3.05) is 5.88 Å². The third-order valence-electron chi connectivity index (χ3n) is 2.38. The van der Waals surface area contributed by atoms with Gasteiger partial charge in [-0.25, -0.2) is 0 Å². The molecule has 0 saturated heterocycles. The Kier molecular flexibility index (Phi) is 4.56. The van der Waals surface area contributed by atoms with Crippen LogP contribution in [0.5, 0.6) is 0 Å². The molecule has 0 N–H and O–H groups in total. The molecule has 82 valence electrons. The van der Waals surface area contributed by atoms with Crippen molar-refractivity contribution in [3.8, 4) is 0 Å². The number of aryl methyl sites for hydroxylation is 1. The molecule has 3 nitrogen and oxygen atoms in total. The summed E-state index contributed by atoms with van der Waals surface area (Å²) < 4.78 is 0. The molecule has 0 aliphatic heterocycles. The van der Waals surface area contributed by atoms with Crippen LogP contribution in [0.3, 0.4) is 0 Å². The van der Waals surface area contributed by atoms with Crippen LogP contribution in [-0.4, -0.2) is 10.8 Å². The van der Waals surface area contributed by atoms with E-state index in [0.29, 0.717) is 12.3 Å². The van der Waals surface area contributed by atoms with Crippen LogP contribution >= 0.6 is 11.6 Å². The number of benzene rings is 1. The van der Waals surface area contributed by atoms with Crippen molar-refractivity contribution in [3.05, 3.63) is 39.4 Å². The highest BCUT2D eigenvalue weighted by Crippen LogP contribution is 2.23. The number of nitro benzene ring substituents is 1. The number of hydrogen-bond donors (Lipinski definition) is 0. The zero-order valence-corrected chi connectivity index (χ0v) is 9.46. The summed E-state index contributed by atoms with van der Waals surface area (Å²) >= 11 is 5.62. The van der Waals surface area contributed by atoms with Gasteiger partial charge in [0.1, 0.15) is 0 Å². The predicted molar refractivity (Wildman–Crippen MR) is 61.5 cm³/mol. The molecule has 4 heteroatoms. The second-order valence-electron chi connectivity index (χ2n) is 3.32. The van der Waals surface area contributed by atoms with Crippen LogP contribution in [0.15, 0.2) is 18.2 Å². The Morgan fingerprint density at radius 1 is 1.47 bits per heavy atom. The molecule has 0 bridgehead atoms. The molecular weight excluding hydrogens is 214 g/mol. The largest absolute Gasteiger partial charge is 0.272 e. The van der Waals surface area contributed by atoms with Crippen molar-refractivity contribution >= 4 is 17.3 Å². The molecule has 0 unspecified atom stereocenters. The molecule has 0 amide bonds. The van der Waals surface area contributed by atoms with E-state index in [4.69, 9.17) is 11.6 Å². The molecule has 0 spiro atoms. The lowest BCUT2D eigenvalue weighted by Gasteiger charge is -2.07. The van der Waals surface area contributed by atoms with E-state index < -0.39 is 0 Å². The molecule has 0 atom stereocenters. The average molecular weight is 228 g/mol. The van der Waals surface area contributed by atoms with Gasteiger partial charge < -0.3 is 0 Å². The van der Waals surface area contributed by atoms with E-state index in [1.54, 1.807) is 12.1 Å². The van der Waals surface area contributed by atoms with Gasteiger partial charge in [-0.15, -0.1) is 11.6 Å². The minimum atomic E-state index is -0.316. The van der Waals surface area contributed by atoms with Gasteiger partial charge in [-0.05, 0) is 24.8 Å². The highest BCUT2D eigenvalue weighted by molar-refractivity contribution is 6.17. The van der Waals surface area contributed by atoms with Crippen LogP contribution in [-0.2, 0) is 12.8 Å². The Balaban J connectivity index is 3.04. The number of rotatable bonds is 5. The van der Waals surface area contributed by atoms with Crippen LogP contribution < -0.4 is 0 Å². The summed E-state index contributed by atoms with van der Waals surface area (Å²) in [5.41, 5.74) is 2.12. The van der Waals surface area contributed by atoms with Crippen LogP contribution in [0.1, 0.15) is 24.5 Å². The molecule has 0 aliphatic rings. The lowest BCUT2D eigenvalue weighted by molar-refractivity contribution is -0.385. The minimum absolute atomic E-state index is 0.226. The lowest BCUT2D eigenvalue weighted by Crippen LogP contribution is -2.00. The van der Waals surface area contributed by atoms with E-state index in [0.717, 1.165) is 24.0 Å². The van der Waals surface area contributed by atoms with Crippen LogP contribution in [0.2, 0.25) is 0 Å². The van der Waals surface area contributed by atoms with Crippen molar-refractivity contribution in [2.45, 2.75) is 26.2 Å². The van der Waals surface area contributed by atoms with Gasteiger partial charge in [0, 0.05) is 17.5 Å². The molecule has 0 aliphatic carbocycles. The highest BCUT2D eigenvalue weighted by atomic mass is 35.5. The van der Waals surface area contributed by atoms with Gasteiger partial charge in [0.05, 0.1) is 4.92 Å². The fourth-order valence-corrected chi connectivity index (χ4v) is 1.83. The van der Waals surface area contributed by atoms with Gasteiger partial charge in [0.2, 0.25) is 0 Å². The van der Waals surface area contributed by atoms with Gasteiger partial charge in [-0.1, -0.05) is 19.1 Å². The quantitative estimate of drug-likeness (QED) is 0.440. The molecule has 1 aromatic rings. The number of hydrogen-bond acceptors (Lipinski definition) is 2. The molecule has 15 heavy (non-hydrogen) atoms. The Morgan fingerprint density at radius 3 is 2.73 bits per heavy atom. The molecule has 0 fully saturated rings. The van der Waals surface area contributed by atoms with Crippen molar-refractivity contribution in [1.29, 1.82) is 0 Å². The summed E-state index contributed by atoms with van der Waals surface area (Å²) in [7, 11) is 0. The fourth-order valence-electron chi connectivity index (χ4n) is 1.69. The lowest BCUT2D eigenvalue weighted by atomic mass is 9.99. The first-order valence-electron chi connectivity index (χ1n) is 5.01. The maximum absolute atomic E-state index is 10.8. The Labute approximate surface area is 94.2 Å². The highest BCUT2D eigenvalue weighted by Gasteiger charge is 2.14. The first-order valence-corrected chi connectivity index (χ1v) is 5.55. The molecular formula is C11H14ClNO2. The van der Waals surface area contributed by atoms with Gasteiger partial charge in [0.15, 0.2) is 0 Å². The third-order valence-corrected chi connectivity index (χ3v) is 2.65. The smallest absolute Gasteiger partial charge is 0.258 e. The van der Waals surface area contributed by atoms with Gasteiger partial charge >= 0.3 is 0 Å². The standard InChI is InChI=1S/C11H14ClNO2/c1-2-10-9(6-4-8-12)5-3-7-11(10)13(14)15/h3,5,7H,2,4,6,8H2,1H3. The molecule has 0 radical (unpaired) electrons. The van der Waals surface area contributed by atoms with Crippen LogP contribution in [0.4, 0.5) is 5.69 Å². The maximum Gasteiger partial charge on any atom is 0.272 e. The zero-order chi connectivity index (χ0) is 11.3. The van der Waals surface area contributed by atoms with Crippen LogP contribution in [0.25, 0.3) is 0 Å². The van der Waals surface area contributed by atoms with E-state index in [1.807, 2.05) is 13.0 Å². The van der Waals surface area contributed by atoms with Crippen molar-refractivity contribution in [3.63, 3.8) is 0 Å². The van der Waals surface area contributed by atoms with E-state index in [9.17, 15) is 10.1 Å². The number of alkyl halides is 1. The summed E-state index contributed by atoms with van der Waals surface area (Å²) in [6, 6.07) is 5.24. The monoisotopic (exact) mass is 227 g/mol. The van der Waals surface area contributed by atoms with Crippen molar-refractivity contribution in [2.24, 2.45) is 0 Å². The Bertz CT molecular complexity index is 352. The Hall–Kier alpha value is -1.09. The SMILES string of the molecule is CCc1c(CCCCl)cccc1[N+](=O)[O-]. The molecule has 1 rings (SSSR count). The number of nitro groups is 1. The first kappa shape index (κ1) is 12.0. The van der Waals surface area contributed by atoms with Gasteiger partial charge in [-0.2, -0.15) is 0 Å². The van der Waals surface area contributed by atoms with Gasteiger partial charge in [-0.3, -0.25) is 10.1 Å². The normalized spacial score (nSPS) is 10.3. The van der Waals surface area contributed by atoms with Crippen molar-refractivity contribution in [1.82, 2.24) is 0 Å². The van der Waals surface area contributed by atoms with E-state index in [2.05, 4.69) is 0 Å². The van der Waals surface area contributed by atoms with E-state index in [-0.39, 0.29) is 10.6 Å². The molecule has 0 saturated carbocycles. The fraction of sp³-hybridized carbons (Fsp3) is 0.455. The summed E-state index contributed by atoms with van der Waals surface area (Å²) in [6.45, 7) is 1.94. The second-order valence-corrected chi connectivity index (χ2v) is 3.70. The van der Waals surface area contributed by atoms with Gasteiger partial charge in [0.25, 0.3) is 5.69 Å². The zero-order valence-electron chi connectivity index (χ0n) is 8.70. The molecule has 1 aromatic carbocycles. The summed E-state index contributed by atoms with van der Waals surface area (Å²) in [6.07, 6.45) is 2.36. The van der Waals surface area contributed by atoms with E-state index in [1.165, 1.54) is 0 Å². The minimum Gasteiger partial charge on any atom is -0.258 e. The van der Waals surface area contributed by atoms with Crippen molar-refractivity contribution < 1.29 is 4.92 Å². The molecule has 0 heterocycles. The predicted octanol–water partition coefficient (Wildman–Crippen LogP) is 3.33. The second kappa shape index (κ2) is 5.71. The van der Waals surface area contributed by atoms with E-state index >= 15 is 0 Å². The topological polar surface area (TPSA) is 43.1 Å². The number of nitrogens with zero attached hydrogens (tertiary/aromatic N) is 1. The number of halogens is 1. The molecule has 0 aromatic heterocycles. The summed E-state index contributed by atoms with van der Waals surface area (Å²) in [5, 5.41) is 10.8. The average Bonchev–Trinajstić information content (AvgIpc) is 2.25.